The van der Waals surface area contributed by atoms with Gasteiger partial charge in [-0.25, -0.2) is 0 Å². The normalized spacial score (nSPS) is 17.9. The number of rotatable bonds is 11. The number of ether oxygens (including phenoxy) is 3. The number of thiophene rings is 1. The van der Waals surface area contributed by atoms with Crippen molar-refractivity contribution in [1.29, 1.82) is 0 Å². The number of likely N-dealkylation sites (tertiary alicyclic amines) is 1. The second-order valence-corrected chi connectivity index (χ2v) is 12.5. The molecule has 0 saturated carbocycles. The van der Waals surface area contributed by atoms with Crippen molar-refractivity contribution in [3.8, 4) is 27.7 Å². The first-order valence-corrected chi connectivity index (χ1v) is 16.0. The molecule has 43 heavy (non-hydrogen) atoms. The number of hydrogen-bond donors (Lipinski definition) is 1. The zero-order chi connectivity index (χ0) is 29.8. The number of aromatic hydroxyl groups is 1. The summed E-state index contributed by atoms with van der Waals surface area (Å²) < 4.78 is 18.5. The van der Waals surface area contributed by atoms with Gasteiger partial charge in [0, 0.05) is 41.3 Å². The van der Waals surface area contributed by atoms with E-state index in [1.807, 2.05) is 24.3 Å². The van der Waals surface area contributed by atoms with E-state index in [4.69, 9.17) is 14.2 Å². The minimum absolute atomic E-state index is 0.0396. The van der Waals surface area contributed by atoms with Crippen LogP contribution in [-0.4, -0.2) is 79.8 Å². The first-order valence-electron chi connectivity index (χ1n) is 15.2. The minimum Gasteiger partial charge on any atom is -0.508 e. The molecular formula is C35H40N2O5S. The van der Waals surface area contributed by atoms with Crippen LogP contribution in [-0.2, 0) is 22.5 Å². The predicted molar refractivity (Wildman–Crippen MR) is 172 cm³/mol. The van der Waals surface area contributed by atoms with Crippen LogP contribution in [0, 0.1) is 0 Å². The molecule has 8 heteroatoms. The molecule has 7 nitrogen and oxygen atoms in total. The fraction of sp³-hybridized carbons (Fsp3) is 0.400. The van der Waals surface area contributed by atoms with E-state index >= 15 is 0 Å². The molecule has 3 heterocycles. The van der Waals surface area contributed by atoms with Gasteiger partial charge < -0.3 is 19.3 Å². The largest absolute Gasteiger partial charge is 0.508 e. The molecule has 1 N–H and O–H groups in total. The standard InChI is InChI=1S/C35H40N2O5S/c1-24(38)32-4-3-13-37(32)16-19-42-29-10-7-26(8-11-29)35-31(30-12-9-28(39)22-34(30)43-35)20-25-5-6-27(33(21-25)40-2)23-36-14-17-41-18-15-36/h5-12,21-22,32,39H,3-4,13-20,23H2,1-2H3/t32-/m0/s1. The summed E-state index contributed by atoms with van der Waals surface area (Å²) in [5.74, 6) is 2.25. The molecule has 1 atom stereocenters. The second kappa shape index (κ2) is 13.5. The van der Waals surface area contributed by atoms with Crippen LogP contribution >= 0.6 is 11.3 Å². The maximum absolute atomic E-state index is 11.9. The number of nitrogens with zero attached hydrogens (tertiary/aromatic N) is 2. The van der Waals surface area contributed by atoms with E-state index in [2.05, 4.69) is 40.1 Å². The summed E-state index contributed by atoms with van der Waals surface area (Å²) >= 11 is 1.70. The minimum atomic E-state index is 0.0396. The van der Waals surface area contributed by atoms with Gasteiger partial charge in [-0.2, -0.15) is 0 Å². The average Bonchev–Trinajstić information content (AvgIpc) is 3.63. The SMILES string of the molecule is COc1cc(Cc2c(-c3ccc(OCCN4CCC[C@H]4C(C)=O)cc3)sc3cc(O)ccc23)ccc1CN1CCOCC1. The molecule has 226 valence electrons. The maximum Gasteiger partial charge on any atom is 0.146 e. The van der Waals surface area contributed by atoms with E-state index < -0.39 is 0 Å². The van der Waals surface area contributed by atoms with E-state index in [1.165, 1.54) is 21.6 Å². The Balaban J connectivity index is 1.20. The van der Waals surface area contributed by atoms with Crippen molar-refractivity contribution in [2.75, 3.05) is 53.1 Å². The fourth-order valence-electron chi connectivity index (χ4n) is 6.32. The number of phenols is 1. The summed E-state index contributed by atoms with van der Waals surface area (Å²) in [5.41, 5.74) is 4.73. The lowest BCUT2D eigenvalue weighted by Crippen LogP contribution is -2.37. The third-order valence-electron chi connectivity index (χ3n) is 8.60. The molecule has 0 amide bonds. The third kappa shape index (κ3) is 6.88. The topological polar surface area (TPSA) is 71.5 Å². The number of phenolic OH excluding ortho intramolecular Hbond substituents is 1. The van der Waals surface area contributed by atoms with Crippen LogP contribution in [0.4, 0.5) is 0 Å². The number of ketones is 1. The molecule has 0 unspecified atom stereocenters. The molecule has 0 spiro atoms. The molecule has 6 rings (SSSR count). The van der Waals surface area contributed by atoms with Gasteiger partial charge in [-0.05, 0) is 103 Å². The highest BCUT2D eigenvalue weighted by atomic mass is 32.1. The van der Waals surface area contributed by atoms with Gasteiger partial charge in [-0.15, -0.1) is 11.3 Å². The Morgan fingerprint density at radius 2 is 1.86 bits per heavy atom. The highest BCUT2D eigenvalue weighted by Gasteiger charge is 2.27. The maximum atomic E-state index is 11.9. The molecule has 2 fully saturated rings. The van der Waals surface area contributed by atoms with Crippen molar-refractivity contribution in [3.05, 3.63) is 77.4 Å². The lowest BCUT2D eigenvalue weighted by atomic mass is 9.97. The smallest absolute Gasteiger partial charge is 0.146 e. The van der Waals surface area contributed by atoms with Crippen molar-refractivity contribution in [2.45, 2.75) is 38.8 Å². The number of carbonyl (C=O) groups is 1. The number of Topliss-reactive ketones (excluding diaryl/α,β-unsaturated/α-hetero) is 1. The highest BCUT2D eigenvalue weighted by molar-refractivity contribution is 7.22. The van der Waals surface area contributed by atoms with E-state index in [0.717, 1.165) is 92.3 Å². The molecule has 4 aromatic rings. The quantitative estimate of drug-likeness (QED) is 0.222. The van der Waals surface area contributed by atoms with Crippen molar-refractivity contribution in [3.63, 3.8) is 0 Å². The number of methoxy groups -OCH3 is 1. The van der Waals surface area contributed by atoms with Gasteiger partial charge in [0.25, 0.3) is 0 Å². The fourth-order valence-corrected chi connectivity index (χ4v) is 7.58. The Kier molecular flexibility index (Phi) is 9.28. The van der Waals surface area contributed by atoms with E-state index in [-0.39, 0.29) is 17.6 Å². The first-order chi connectivity index (χ1) is 21.0. The molecule has 0 radical (unpaired) electrons. The molecule has 2 aliphatic rings. The zero-order valence-corrected chi connectivity index (χ0v) is 25.8. The van der Waals surface area contributed by atoms with Gasteiger partial charge in [0.15, 0.2) is 0 Å². The summed E-state index contributed by atoms with van der Waals surface area (Å²) in [6, 6.07) is 20.5. The van der Waals surface area contributed by atoms with Crippen LogP contribution < -0.4 is 9.47 Å². The Morgan fingerprint density at radius 3 is 2.63 bits per heavy atom. The van der Waals surface area contributed by atoms with E-state index in [9.17, 15) is 9.90 Å². The molecule has 0 aliphatic carbocycles. The van der Waals surface area contributed by atoms with Crippen LogP contribution in [0.25, 0.3) is 20.5 Å². The third-order valence-corrected chi connectivity index (χ3v) is 9.85. The monoisotopic (exact) mass is 600 g/mol. The average molecular weight is 601 g/mol. The highest BCUT2D eigenvalue weighted by Crippen LogP contribution is 2.42. The van der Waals surface area contributed by atoms with Crippen LogP contribution in [0.3, 0.4) is 0 Å². The second-order valence-electron chi connectivity index (χ2n) is 11.5. The molecule has 2 aliphatic heterocycles. The van der Waals surface area contributed by atoms with Gasteiger partial charge >= 0.3 is 0 Å². The Labute approximate surface area is 257 Å². The van der Waals surface area contributed by atoms with Gasteiger partial charge in [0.2, 0.25) is 0 Å². The summed E-state index contributed by atoms with van der Waals surface area (Å²) in [7, 11) is 1.74. The summed E-state index contributed by atoms with van der Waals surface area (Å²) in [5, 5.41) is 11.4. The predicted octanol–water partition coefficient (Wildman–Crippen LogP) is 6.14. The molecule has 0 bridgehead atoms. The Bertz CT molecular complexity index is 1560. The number of fused-ring (bicyclic) bond motifs is 1. The number of hydrogen-bond acceptors (Lipinski definition) is 8. The Morgan fingerprint density at radius 1 is 1.05 bits per heavy atom. The zero-order valence-electron chi connectivity index (χ0n) is 25.0. The van der Waals surface area contributed by atoms with Crippen molar-refractivity contribution in [2.24, 2.45) is 0 Å². The molecule has 3 aromatic carbocycles. The van der Waals surface area contributed by atoms with Crippen LogP contribution in [0.2, 0.25) is 0 Å². The summed E-state index contributed by atoms with van der Waals surface area (Å²) in [6.45, 7) is 8.22. The summed E-state index contributed by atoms with van der Waals surface area (Å²) in [6.07, 6.45) is 2.77. The Hall–Kier alpha value is -3.43. The molecular weight excluding hydrogens is 560 g/mol. The van der Waals surface area contributed by atoms with Gasteiger partial charge in [0.1, 0.15) is 29.6 Å². The lowest BCUT2D eigenvalue weighted by Gasteiger charge is -2.27. The molecule has 1 aromatic heterocycles. The van der Waals surface area contributed by atoms with Gasteiger partial charge in [-0.1, -0.05) is 12.1 Å². The number of carbonyl (C=O) groups excluding carboxylic acids is 1. The number of benzene rings is 3. The molecule has 2 saturated heterocycles. The van der Waals surface area contributed by atoms with E-state index in [0.29, 0.717) is 6.61 Å². The van der Waals surface area contributed by atoms with Crippen LogP contribution in [0.15, 0.2) is 60.7 Å². The first kappa shape index (κ1) is 29.6. The van der Waals surface area contributed by atoms with Gasteiger partial charge in [-0.3, -0.25) is 14.6 Å². The van der Waals surface area contributed by atoms with Crippen molar-refractivity contribution >= 4 is 27.2 Å². The van der Waals surface area contributed by atoms with Crippen molar-refractivity contribution in [1.82, 2.24) is 9.80 Å². The van der Waals surface area contributed by atoms with Crippen molar-refractivity contribution < 1.29 is 24.1 Å². The summed E-state index contributed by atoms with van der Waals surface area (Å²) in [4.78, 5) is 17.7. The van der Waals surface area contributed by atoms with Crippen LogP contribution in [0.1, 0.15) is 36.5 Å². The number of morpholine rings is 1. The van der Waals surface area contributed by atoms with E-state index in [1.54, 1.807) is 31.4 Å². The van der Waals surface area contributed by atoms with Gasteiger partial charge in [0.05, 0.1) is 26.4 Å². The van der Waals surface area contributed by atoms with Crippen LogP contribution in [0.5, 0.6) is 17.2 Å². The lowest BCUT2D eigenvalue weighted by molar-refractivity contribution is -0.121.